The van der Waals surface area contributed by atoms with Crippen molar-refractivity contribution in [2.24, 2.45) is 0 Å². The smallest absolute Gasteiger partial charge is 0.328 e. The van der Waals surface area contributed by atoms with Gasteiger partial charge < -0.3 is 10.0 Å². The average molecular weight is 171 g/mol. The van der Waals surface area contributed by atoms with Crippen molar-refractivity contribution in [2.75, 3.05) is 13.6 Å². The maximum atomic E-state index is 11.2. The molecule has 0 saturated heterocycles. The predicted molar refractivity (Wildman–Crippen MR) is 44.7 cm³/mol. The van der Waals surface area contributed by atoms with Crippen molar-refractivity contribution in [3.8, 4) is 0 Å². The minimum Gasteiger partial charge on any atom is -0.478 e. The van der Waals surface area contributed by atoms with Gasteiger partial charge >= 0.3 is 5.97 Å². The highest BCUT2D eigenvalue weighted by atomic mass is 16.4. The number of likely N-dealkylation sites (N-methyl/N-ethyl adjacent to an activating group) is 1. The lowest BCUT2D eigenvalue weighted by atomic mass is 10.2. The lowest BCUT2D eigenvalue weighted by Gasteiger charge is -2.13. The summed E-state index contributed by atoms with van der Waals surface area (Å²) in [5.41, 5.74) is 0.242. The third kappa shape index (κ3) is 3.18. The fraction of sp³-hybridized carbons (Fsp3) is 0.500. The number of amides is 1. The van der Waals surface area contributed by atoms with Gasteiger partial charge in [-0.15, -0.1) is 0 Å². The molecule has 12 heavy (non-hydrogen) atoms. The molecule has 0 aliphatic heterocycles. The fourth-order valence-electron chi connectivity index (χ4n) is 0.692. The van der Waals surface area contributed by atoms with Crippen LogP contribution in [0.2, 0.25) is 0 Å². The minimum atomic E-state index is -1.09. The first-order valence-electron chi connectivity index (χ1n) is 3.65. The lowest BCUT2D eigenvalue weighted by Crippen LogP contribution is -2.27. The summed E-state index contributed by atoms with van der Waals surface area (Å²) in [5, 5.41) is 8.34. The third-order valence-electron chi connectivity index (χ3n) is 1.50. The highest BCUT2D eigenvalue weighted by Gasteiger charge is 2.09. The molecule has 4 nitrogen and oxygen atoms in total. The summed E-state index contributed by atoms with van der Waals surface area (Å²) in [7, 11) is 1.63. The Kier molecular flexibility index (Phi) is 4.04. The molecule has 0 atom stereocenters. The molecular weight excluding hydrogens is 158 g/mol. The van der Waals surface area contributed by atoms with Crippen molar-refractivity contribution in [1.29, 1.82) is 0 Å². The first-order chi connectivity index (χ1) is 5.49. The second-order valence-corrected chi connectivity index (χ2v) is 2.48. The maximum absolute atomic E-state index is 11.2. The molecule has 0 heterocycles. The van der Waals surface area contributed by atoms with Gasteiger partial charge in [-0.1, -0.05) is 0 Å². The second kappa shape index (κ2) is 4.54. The average Bonchev–Trinajstić information content (AvgIpc) is 2.00. The van der Waals surface area contributed by atoms with Crippen LogP contribution in [0.15, 0.2) is 11.6 Å². The summed E-state index contributed by atoms with van der Waals surface area (Å²) in [6.07, 6.45) is 0.911. The highest BCUT2D eigenvalue weighted by molar-refractivity contribution is 5.98. The number of aliphatic carboxylic acids is 1. The van der Waals surface area contributed by atoms with E-state index in [2.05, 4.69) is 0 Å². The van der Waals surface area contributed by atoms with Crippen LogP contribution < -0.4 is 0 Å². The summed E-state index contributed by atoms with van der Waals surface area (Å²) in [6.45, 7) is 3.89. The summed E-state index contributed by atoms with van der Waals surface area (Å²) in [4.78, 5) is 22.8. The van der Waals surface area contributed by atoms with E-state index in [4.69, 9.17) is 5.11 Å². The van der Waals surface area contributed by atoms with Gasteiger partial charge in [0.1, 0.15) is 0 Å². The topological polar surface area (TPSA) is 57.6 Å². The van der Waals surface area contributed by atoms with Crippen LogP contribution in [-0.2, 0) is 9.59 Å². The molecule has 0 aromatic heterocycles. The Balaban J connectivity index is 4.39. The highest BCUT2D eigenvalue weighted by Crippen LogP contribution is 1.98. The molecule has 1 N–H and O–H groups in total. The lowest BCUT2D eigenvalue weighted by molar-refractivity contribution is -0.132. The Morgan fingerprint density at radius 1 is 1.50 bits per heavy atom. The molecule has 0 aromatic rings. The van der Waals surface area contributed by atoms with E-state index < -0.39 is 5.97 Å². The van der Waals surface area contributed by atoms with Crippen LogP contribution >= 0.6 is 0 Å². The molecule has 68 valence electrons. The van der Waals surface area contributed by atoms with Crippen LogP contribution in [0.5, 0.6) is 0 Å². The number of hydrogen-bond donors (Lipinski definition) is 1. The predicted octanol–water partition coefficient (Wildman–Crippen LogP) is 0.496. The maximum Gasteiger partial charge on any atom is 0.328 e. The summed E-state index contributed by atoms with van der Waals surface area (Å²) in [6, 6.07) is 0. The quantitative estimate of drug-likeness (QED) is 0.629. The fourth-order valence-corrected chi connectivity index (χ4v) is 0.692. The van der Waals surface area contributed by atoms with Gasteiger partial charge in [0.25, 0.3) is 0 Å². The monoisotopic (exact) mass is 171 g/mol. The number of carbonyl (C=O) groups is 2. The molecule has 0 spiro atoms. The summed E-state index contributed by atoms with van der Waals surface area (Å²) in [5.74, 6) is -1.34. The van der Waals surface area contributed by atoms with E-state index in [0.717, 1.165) is 6.08 Å². The molecule has 0 aliphatic carbocycles. The number of hydrogen-bond acceptors (Lipinski definition) is 2. The summed E-state index contributed by atoms with van der Waals surface area (Å²) >= 11 is 0. The molecule has 0 unspecified atom stereocenters. The van der Waals surface area contributed by atoms with E-state index in [1.54, 1.807) is 7.05 Å². The van der Waals surface area contributed by atoms with Gasteiger partial charge in [-0.25, -0.2) is 4.79 Å². The summed E-state index contributed by atoms with van der Waals surface area (Å²) < 4.78 is 0. The Labute approximate surface area is 71.5 Å². The molecule has 0 saturated carbocycles. The molecule has 1 amide bonds. The zero-order valence-corrected chi connectivity index (χ0v) is 7.50. The zero-order valence-electron chi connectivity index (χ0n) is 7.50. The van der Waals surface area contributed by atoms with Gasteiger partial charge in [0.05, 0.1) is 0 Å². The van der Waals surface area contributed by atoms with Crippen molar-refractivity contribution >= 4 is 11.9 Å². The molecule has 0 rings (SSSR count). The zero-order chi connectivity index (χ0) is 9.72. The van der Waals surface area contributed by atoms with E-state index in [1.165, 1.54) is 11.8 Å². The molecular formula is C8H13NO3. The Morgan fingerprint density at radius 2 is 2.00 bits per heavy atom. The van der Waals surface area contributed by atoms with Crippen LogP contribution in [0.4, 0.5) is 0 Å². The Morgan fingerprint density at radius 3 is 2.33 bits per heavy atom. The number of carbonyl (C=O) groups excluding carboxylic acids is 1. The van der Waals surface area contributed by atoms with Gasteiger partial charge in [0.15, 0.2) is 0 Å². The molecule has 0 aromatic carbocycles. The van der Waals surface area contributed by atoms with E-state index >= 15 is 0 Å². The van der Waals surface area contributed by atoms with Gasteiger partial charge in [-0.05, 0) is 13.8 Å². The van der Waals surface area contributed by atoms with E-state index in [1.807, 2.05) is 6.92 Å². The van der Waals surface area contributed by atoms with Crippen LogP contribution in [0.1, 0.15) is 13.8 Å². The number of rotatable bonds is 3. The minimum absolute atomic E-state index is 0.242. The first-order valence-corrected chi connectivity index (χ1v) is 3.65. The standard InChI is InChI=1S/C8H13NO3/c1-4-9(3)8(12)6(2)5-7(10)11/h5H,4H2,1-3H3,(H,10,11). The largest absolute Gasteiger partial charge is 0.478 e. The van der Waals surface area contributed by atoms with Gasteiger partial charge in [-0.3, -0.25) is 4.79 Å². The van der Waals surface area contributed by atoms with Crippen molar-refractivity contribution in [2.45, 2.75) is 13.8 Å². The molecule has 0 bridgehead atoms. The SMILES string of the molecule is CCN(C)C(=O)C(C)=CC(=O)O. The second-order valence-electron chi connectivity index (χ2n) is 2.48. The van der Waals surface area contributed by atoms with Crippen molar-refractivity contribution in [3.63, 3.8) is 0 Å². The Bertz CT molecular complexity index is 220. The third-order valence-corrected chi connectivity index (χ3v) is 1.50. The van der Waals surface area contributed by atoms with Crippen LogP contribution in [-0.4, -0.2) is 35.5 Å². The molecule has 4 heteroatoms. The molecule has 0 aliphatic rings. The van der Waals surface area contributed by atoms with Crippen LogP contribution in [0.3, 0.4) is 0 Å². The molecule has 0 radical (unpaired) electrons. The van der Waals surface area contributed by atoms with Crippen LogP contribution in [0, 0.1) is 0 Å². The number of carboxylic acid groups (broad SMARTS) is 1. The normalized spacial score (nSPS) is 11.1. The van der Waals surface area contributed by atoms with E-state index in [9.17, 15) is 9.59 Å². The van der Waals surface area contributed by atoms with Crippen molar-refractivity contribution in [3.05, 3.63) is 11.6 Å². The first kappa shape index (κ1) is 10.7. The number of nitrogens with zero attached hydrogens (tertiary/aromatic N) is 1. The van der Waals surface area contributed by atoms with Gasteiger partial charge in [0.2, 0.25) is 5.91 Å². The van der Waals surface area contributed by atoms with Crippen LogP contribution in [0.25, 0.3) is 0 Å². The van der Waals surface area contributed by atoms with E-state index in [-0.39, 0.29) is 11.5 Å². The van der Waals surface area contributed by atoms with Crippen molar-refractivity contribution < 1.29 is 14.7 Å². The number of carboxylic acids is 1. The Hall–Kier alpha value is -1.32. The van der Waals surface area contributed by atoms with Gasteiger partial charge in [-0.2, -0.15) is 0 Å². The molecule has 0 fully saturated rings. The van der Waals surface area contributed by atoms with Crippen molar-refractivity contribution in [1.82, 2.24) is 4.90 Å². The van der Waals surface area contributed by atoms with Gasteiger partial charge in [0, 0.05) is 25.2 Å². The van der Waals surface area contributed by atoms with E-state index in [0.29, 0.717) is 6.54 Å².